The number of rotatable bonds is 4. The van der Waals surface area contributed by atoms with Crippen LogP contribution in [-0.4, -0.2) is 22.1 Å². The average molecular weight is 291 g/mol. The summed E-state index contributed by atoms with van der Waals surface area (Å²) in [5, 5.41) is 14.2. The van der Waals surface area contributed by atoms with Gasteiger partial charge in [-0.3, -0.25) is 10.1 Å². The molecule has 4 N–H and O–H groups in total. The van der Waals surface area contributed by atoms with E-state index in [9.17, 15) is 9.59 Å². The monoisotopic (exact) mass is 291 g/mol. The molecule has 0 atom stereocenters. The predicted octanol–water partition coefficient (Wildman–Crippen LogP) is 1.84. The second-order valence-electron chi connectivity index (χ2n) is 3.88. The predicted molar refractivity (Wildman–Crippen MR) is 76.9 cm³/mol. The number of anilines is 2. The van der Waals surface area contributed by atoms with Gasteiger partial charge < -0.3 is 11.1 Å². The fraction of sp³-hybridized carbons (Fsp3) is 0.167. The Labute approximate surface area is 119 Å². The Morgan fingerprint density at radius 2 is 1.90 bits per heavy atom. The van der Waals surface area contributed by atoms with Gasteiger partial charge in [-0.2, -0.15) is 0 Å². The molecule has 104 valence electrons. The first-order valence-electron chi connectivity index (χ1n) is 5.88. The number of primary amides is 1. The lowest BCUT2D eigenvalue weighted by Crippen LogP contribution is -2.19. The molecule has 2 rings (SSSR count). The fourth-order valence-electron chi connectivity index (χ4n) is 1.46. The van der Waals surface area contributed by atoms with Crippen LogP contribution in [0, 0.1) is 0 Å². The van der Waals surface area contributed by atoms with Crippen LogP contribution in [0.5, 0.6) is 0 Å². The lowest BCUT2D eigenvalue weighted by molar-refractivity contribution is 0.102. The van der Waals surface area contributed by atoms with Gasteiger partial charge in [0.15, 0.2) is 0 Å². The second kappa shape index (κ2) is 6.11. The Hall–Kier alpha value is -2.48. The number of nitrogens with one attached hydrogen (secondary N) is 2. The number of amides is 3. The first-order valence-corrected chi connectivity index (χ1v) is 6.70. The van der Waals surface area contributed by atoms with Gasteiger partial charge in [-0.25, -0.2) is 4.79 Å². The summed E-state index contributed by atoms with van der Waals surface area (Å²) < 4.78 is 0. The summed E-state index contributed by atoms with van der Waals surface area (Å²) in [6, 6.07) is 5.71. The maximum atomic E-state index is 12.0. The molecule has 0 radical (unpaired) electrons. The highest BCUT2D eigenvalue weighted by Gasteiger charge is 2.09. The topological polar surface area (TPSA) is 110 Å². The molecule has 0 fully saturated rings. The van der Waals surface area contributed by atoms with Crippen molar-refractivity contribution in [2.24, 2.45) is 5.73 Å². The Morgan fingerprint density at radius 3 is 2.45 bits per heavy atom. The van der Waals surface area contributed by atoms with Crippen molar-refractivity contribution in [3.8, 4) is 0 Å². The van der Waals surface area contributed by atoms with E-state index in [0.717, 1.165) is 11.4 Å². The molecule has 0 aliphatic carbocycles. The van der Waals surface area contributed by atoms with Crippen molar-refractivity contribution in [1.29, 1.82) is 0 Å². The molecule has 1 aromatic heterocycles. The summed E-state index contributed by atoms with van der Waals surface area (Å²) >= 11 is 1.34. The fourth-order valence-corrected chi connectivity index (χ4v) is 2.14. The summed E-state index contributed by atoms with van der Waals surface area (Å²) in [4.78, 5) is 22.6. The van der Waals surface area contributed by atoms with Crippen LogP contribution in [0.4, 0.5) is 15.6 Å². The number of hydrogen-bond acceptors (Lipinski definition) is 5. The summed E-state index contributed by atoms with van der Waals surface area (Å²) in [6.45, 7) is 1.97. The van der Waals surface area contributed by atoms with Gasteiger partial charge in [-0.1, -0.05) is 18.3 Å². The van der Waals surface area contributed by atoms with Crippen LogP contribution in [-0.2, 0) is 6.42 Å². The average Bonchev–Trinajstić information content (AvgIpc) is 2.86. The largest absolute Gasteiger partial charge is 0.351 e. The molecule has 0 aliphatic rings. The van der Waals surface area contributed by atoms with Gasteiger partial charge in [0, 0.05) is 11.3 Å². The molecule has 0 bridgehead atoms. The molecule has 2 aromatic rings. The minimum Gasteiger partial charge on any atom is -0.351 e. The second-order valence-corrected chi connectivity index (χ2v) is 4.94. The van der Waals surface area contributed by atoms with Crippen molar-refractivity contribution in [2.45, 2.75) is 13.3 Å². The van der Waals surface area contributed by atoms with E-state index in [1.54, 1.807) is 24.3 Å². The summed E-state index contributed by atoms with van der Waals surface area (Å²) in [5.41, 5.74) is 5.98. The van der Waals surface area contributed by atoms with Crippen molar-refractivity contribution in [3.63, 3.8) is 0 Å². The molecule has 1 aromatic carbocycles. The summed E-state index contributed by atoms with van der Waals surface area (Å²) in [5.74, 6) is -0.283. The van der Waals surface area contributed by atoms with Crippen molar-refractivity contribution in [1.82, 2.24) is 10.2 Å². The summed E-state index contributed by atoms with van der Waals surface area (Å²) in [6.07, 6.45) is 0.779. The van der Waals surface area contributed by atoms with E-state index in [2.05, 4.69) is 20.8 Å². The quantitative estimate of drug-likeness (QED) is 0.798. The van der Waals surface area contributed by atoms with Gasteiger partial charge in [0.1, 0.15) is 5.01 Å². The Kier molecular flexibility index (Phi) is 4.26. The van der Waals surface area contributed by atoms with E-state index in [-0.39, 0.29) is 5.91 Å². The number of aromatic nitrogens is 2. The number of urea groups is 1. The molecule has 0 spiro atoms. The van der Waals surface area contributed by atoms with Crippen molar-refractivity contribution < 1.29 is 9.59 Å². The van der Waals surface area contributed by atoms with Gasteiger partial charge in [0.05, 0.1) is 0 Å². The van der Waals surface area contributed by atoms with Crippen molar-refractivity contribution in [3.05, 3.63) is 34.8 Å². The standard InChI is InChI=1S/C12H13N5O2S/c1-2-9-16-17-12(20-9)15-10(18)7-3-5-8(6-4-7)14-11(13)19/h3-6H,2H2,1H3,(H3,13,14,19)(H,15,17,18). The number of carbonyl (C=O) groups is 2. The Balaban J connectivity index is 2.03. The molecule has 7 nitrogen and oxygen atoms in total. The third-order valence-electron chi connectivity index (χ3n) is 2.40. The van der Waals surface area contributed by atoms with Crippen LogP contribution in [0.1, 0.15) is 22.3 Å². The van der Waals surface area contributed by atoms with Crippen LogP contribution in [0.3, 0.4) is 0 Å². The van der Waals surface area contributed by atoms with Crippen LogP contribution in [0.2, 0.25) is 0 Å². The van der Waals surface area contributed by atoms with Gasteiger partial charge in [0.2, 0.25) is 5.13 Å². The van der Waals surface area contributed by atoms with Crippen LogP contribution in [0.15, 0.2) is 24.3 Å². The van der Waals surface area contributed by atoms with E-state index >= 15 is 0 Å². The van der Waals surface area contributed by atoms with E-state index in [1.807, 2.05) is 6.92 Å². The first-order chi connectivity index (χ1) is 9.58. The lowest BCUT2D eigenvalue weighted by atomic mass is 10.2. The Morgan fingerprint density at radius 1 is 1.20 bits per heavy atom. The SMILES string of the molecule is CCc1nnc(NC(=O)c2ccc(NC(N)=O)cc2)s1. The van der Waals surface area contributed by atoms with Crippen molar-refractivity contribution >= 4 is 34.1 Å². The van der Waals surface area contributed by atoms with Crippen LogP contribution < -0.4 is 16.4 Å². The third-order valence-corrected chi connectivity index (χ3v) is 3.39. The lowest BCUT2D eigenvalue weighted by Gasteiger charge is -2.04. The maximum absolute atomic E-state index is 12.0. The molecule has 8 heteroatoms. The molecule has 0 unspecified atom stereocenters. The molecule has 20 heavy (non-hydrogen) atoms. The van der Waals surface area contributed by atoms with E-state index in [0.29, 0.717) is 16.4 Å². The first kappa shape index (κ1) is 13.9. The van der Waals surface area contributed by atoms with Crippen LogP contribution >= 0.6 is 11.3 Å². The normalized spacial score (nSPS) is 10.1. The zero-order valence-electron chi connectivity index (χ0n) is 10.7. The molecule has 3 amide bonds. The number of nitrogens with zero attached hydrogens (tertiary/aromatic N) is 2. The number of hydrogen-bond donors (Lipinski definition) is 3. The highest BCUT2D eigenvalue weighted by atomic mass is 32.1. The minimum absolute atomic E-state index is 0.283. The van der Waals surface area contributed by atoms with Gasteiger partial charge in [-0.05, 0) is 30.7 Å². The number of benzene rings is 1. The zero-order chi connectivity index (χ0) is 14.5. The van der Waals surface area contributed by atoms with Crippen molar-refractivity contribution in [2.75, 3.05) is 10.6 Å². The number of nitrogens with two attached hydrogens (primary N) is 1. The number of carbonyl (C=O) groups excluding carboxylic acids is 2. The molecule has 1 heterocycles. The van der Waals surface area contributed by atoms with Gasteiger partial charge in [0.25, 0.3) is 5.91 Å². The van der Waals surface area contributed by atoms with Crippen LogP contribution in [0.25, 0.3) is 0 Å². The highest BCUT2D eigenvalue weighted by molar-refractivity contribution is 7.15. The minimum atomic E-state index is -0.650. The molecule has 0 saturated heterocycles. The maximum Gasteiger partial charge on any atom is 0.316 e. The third kappa shape index (κ3) is 3.51. The number of aryl methyl sites for hydroxylation is 1. The molecular weight excluding hydrogens is 278 g/mol. The highest BCUT2D eigenvalue weighted by Crippen LogP contribution is 2.17. The van der Waals surface area contributed by atoms with Gasteiger partial charge >= 0.3 is 6.03 Å². The molecule has 0 saturated carbocycles. The van der Waals surface area contributed by atoms with E-state index < -0.39 is 6.03 Å². The van der Waals surface area contributed by atoms with E-state index in [4.69, 9.17) is 5.73 Å². The summed E-state index contributed by atoms with van der Waals surface area (Å²) in [7, 11) is 0. The molecule has 0 aliphatic heterocycles. The smallest absolute Gasteiger partial charge is 0.316 e. The van der Waals surface area contributed by atoms with Gasteiger partial charge in [-0.15, -0.1) is 10.2 Å². The Bertz CT molecular complexity index is 623. The molecular formula is C12H13N5O2S. The zero-order valence-corrected chi connectivity index (χ0v) is 11.5. The van der Waals surface area contributed by atoms with E-state index in [1.165, 1.54) is 11.3 Å².